The number of nitrogens with one attached hydrogen (secondary N) is 2. The highest BCUT2D eigenvalue weighted by Gasteiger charge is 2.38. The van der Waals surface area contributed by atoms with E-state index in [0.29, 0.717) is 30.4 Å². The maximum atomic E-state index is 12.4. The van der Waals surface area contributed by atoms with Crippen LogP contribution < -0.4 is 10.6 Å². The number of aliphatic hydroxyl groups is 1. The number of carbonyl (C=O) groups excluding carboxylic acids is 2. The minimum absolute atomic E-state index is 0.00150. The fraction of sp³-hybridized carbons (Fsp3) is 0.400. The maximum absolute atomic E-state index is 12.4. The van der Waals surface area contributed by atoms with E-state index in [1.165, 1.54) is 18.7 Å². The molecule has 5 rings (SSSR count). The molecule has 0 unspecified atom stereocenters. The van der Waals surface area contributed by atoms with Crippen molar-refractivity contribution in [1.82, 2.24) is 30.8 Å². The van der Waals surface area contributed by atoms with E-state index in [4.69, 9.17) is 9.47 Å². The molecule has 4 aromatic rings. The molecule has 1 aliphatic rings. The zero-order chi connectivity index (χ0) is 33.9. The Morgan fingerprint density at radius 2 is 1.60 bits per heavy atom. The summed E-state index contributed by atoms with van der Waals surface area (Å²) in [6, 6.07) is 22.3. The average molecular weight is 675 g/mol. The van der Waals surface area contributed by atoms with Gasteiger partial charge >= 0.3 is 0 Å². The van der Waals surface area contributed by atoms with Gasteiger partial charge in [0.1, 0.15) is 5.75 Å². The molecule has 4 atom stereocenters. The van der Waals surface area contributed by atoms with Crippen LogP contribution in [0.1, 0.15) is 74.2 Å². The van der Waals surface area contributed by atoms with Gasteiger partial charge in [0.25, 0.3) is 0 Å². The molecule has 1 saturated heterocycles. The van der Waals surface area contributed by atoms with Crippen LogP contribution in [-0.4, -0.2) is 60.6 Å². The van der Waals surface area contributed by atoms with Crippen molar-refractivity contribution in [2.45, 2.75) is 76.3 Å². The molecule has 0 spiro atoms. The Morgan fingerprint density at radius 1 is 0.896 bits per heavy atom. The van der Waals surface area contributed by atoms with Crippen molar-refractivity contribution in [3.05, 3.63) is 95.1 Å². The predicted molar refractivity (Wildman–Crippen MR) is 180 cm³/mol. The first kappa shape index (κ1) is 35.0. The second kappa shape index (κ2) is 17.2. The van der Waals surface area contributed by atoms with Crippen molar-refractivity contribution in [2.24, 2.45) is 5.92 Å². The van der Waals surface area contributed by atoms with Crippen molar-refractivity contribution in [2.75, 3.05) is 12.3 Å². The molecular weight excluding hydrogens is 632 g/mol. The summed E-state index contributed by atoms with van der Waals surface area (Å²) >= 11 is 1.48. The quantitative estimate of drug-likeness (QED) is 0.102. The van der Waals surface area contributed by atoms with Crippen LogP contribution in [-0.2, 0) is 32.2 Å². The van der Waals surface area contributed by atoms with Crippen LogP contribution in [0.15, 0.2) is 78.0 Å². The number of hydrogen-bond acceptors (Lipinski definition) is 10. The number of nitrogens with zero attached hydrogens (tertiary/aromatic N) is 4. The zero-order valence-electron chi connectivity index (χ0n) is 27.1. The molecule has 12 nitrogen and oxygen atoms in total. The number of aromatic hydroxyl groups is 1. The summed E-state index contributed by atoms with van der Waals surface area (Å²) in [4.78, 5) is 23.3. The molecule has 1 fully saturated rings. The first-order valence-corrected chi connectivity index (χ1v) is 17.1. The number of phenolic OH excluding ortho intramolecular Hbond substituents is 1. The lowest BCUT2D eigenvalue weighted by molar-refractivity contribution is -0.268. The van der Waals surface area contributed by atoms with E-state index in [1.54, 1.807) is 28.9 Å². The van der Waals surface area contributed by atoms with Crippen LogP contribution >= 0.6 is 11.8 Å². The zero-order valence-corrected chi connectivity index (χ0v) is 27.9. The Kier molecular flexibility index (Phi) is 12.5. The van der Waals surface area contributed by atoms with Gasteiger partial charge in [-0.25, -0.2) is 0 Å². The Hall–Kier alpha value is -4.30. The molecule has 4 N–H and O–H groups in total. The number of hydrogen-bond donors (Lipinski definition) is 4. The number of amides is 2. The molecule has 1 aliphatic heterocycles. The minimum Gasteiger partial charge on any atom is -0.508 e. The van der Waals surface area contributed by atoms with Crippen molar-refractivity contribution < 1.29 is 29.3 Å². The van der Waals surface area contributed by atoms with E-state index in [-0.39, 0.29) is 42.3 Å². The highest BCUT2D eigenvalue weighted by atomic mass is 32.2. The number of carbonyl (C=O) groups is 2. The van der Waals surface area contributed by atoms with Gasteiger partial charge < -0.3 is 30.3 Å². The molecule has 1 aromatic heterocycles. The van der Waals surface area contributed by atoms with Gasteiger partial charge in [-0.2, -0.15) is 4.68 Å². The number of aliphatic hydroxyl groups excluding tert-OH is 1. The summed E-state index contributed by atoms with van der Waals surface area (Å²) in [5.74, 6) is 0.659. The lowest BCUT2D eigenvalue weighted by atomic mass is 9.91. The van der Waals surface area contributed by atoms with E-state index >= 15 is 0 Å². The monoisotopic (exact) mass is 674 g/mol. The van der Waals surface area contributed by atoms with Gasteiger partial charge in [-0.05, 0) is 64.2 Å². The Balaban J connectivity index is 1.23. The average Bonchev–Trinajstić information content (AvgIpc) is 3.57. The molecule has 0 bridgehead atoms. The number of unbranched alkanes of at least 4 members (excludes halogenated alkanes) is 2. The first-order chi connectivity index (χ1) is 23.3. The van der Waals surface area contributed by atoms with Gasteiger partial charge in [0.15, 0.2) is 6.29 Å². The summed E-state index contributed by atoms with van der Waals surface area (Å²) < 4.78 is 14.8. The topological polar surface area (TPSA) is 161 Å². The van der Waals surface area contributed by atoms with Gasteiger partial charge in [0.2, 0.25) is 17.0 Å². The molecule has 0 radical (unpaired) electrons. The number of ether oxygens (including phenoxy) is 2. The number of aromatic nitrogens is 4. The van der Waals surface area contributed by atoms with E-state index in [1.807, 2.05) is 48.5 Å². The van der Waals surface area contributed by atoms with Crippen LogP contribution in [0.3, 0.4) is 0 Å². The third-order valence-corrected chi connectivity index (χ3v) is 9.24. The summed E-state index contributed by atoms with van der Waals surface area (Å²) in [5, 5.41) is 37.8. The Morgan fingerprint density at radius 3 is 2.31 bits per heavy atom. The highest BCUT2D eigenvalue weighted by molar-refractivity contribution is 7.99. The van der Waals surface area contributed by atoms with Gasteiger partial charge in [-0.15, -0.1) is 5.10 Å². The number of thioether (sulfide) groups is 1. The normalized spacial score (nSPS) is 19.1. The minimum atomic E-state index is -0.636. The fourth-order valence-corrected chi connectivity index (χ4v) is 6.48. The largest absolute Gasteiger partial charge is 0.508 e. The predicted octanol–water partition coefficient (Wildman–Crippen LogP) is 4.76. The van der Waals surface area contributed by atoms with Crippen LogP contribution in [0.5, 0.6) is 5.75 Å². The van der Waals surface area contributed by atoms with Gasteiger partial charge in [-0.1, -0.05) is 73.6 Å². The summed E-state index contributed by atoms with van der Waals surface area (Å²) in [7, 11) is 0. The smallest absolute Gasteiger partial charge is 0.220 e. The summed E-state index contributed by atoms with van der Waals surface area (Å²) in [6.07, 6.45) is 1.82. The molecule has 2 amide bonds. The molecule has 13 heteroatoms. The number of rotatable bonds is 15. The van der Waals surface area contributed by atoms with E-state index in [9.17, 15) is 19.8 Å². The lowest BCUT2D eigenvalue weighted by Crippen LogP contribution is -2.38. The maximum Gasteiger partial charge on any atom is 0.220 e. The van der Waals surface area contributed by atoms with Crippen molar-refractivity contribution in [3.63, 3.8) is 0 Å². The van der Waals surface area contributed by atoms with E-state index in [2.05, 4.69) is 33.1 Å². The number of tetrazole rings is 1. The lowest BCUT2D eigenvalue weighted by Gasteiger charge is -2.41. The third kappa shape index (κ3) is 9.63. The van der Waals surface area contributed by atoms with Crippen LogP contribution in [0.25, 0.3) is 5.69 Å². The van der Waals surface area contributed by atoms with Crippen LogP contribution in [0.4, 0.5) is 0 Å². The second-order valence-electron chi connectivity index (χ2n) is 11.8. The molecule has 48 heavy (non-hydrogen) atoms. The van der Waals surface area contributed by atoms with Gasteiger partial charge in [-0.3, -0.25) is 9.59 Å². The van der Waals surface area contributed by atoms with E-state index < -0.39 is 6.29 Å². The van der Waals surface area contributed by atoms with Crippen LogP contribution in [0.2, 0.25) is 0 Å². The van der Waals surface area contributed by atoms with Crippen molar-refractivity contribution in [1.29, 1.82) is 0 Å². The Bertz CT molecular complexity index is 1620. The summed E-state index contributed by atoms with van der Waals surface area (Å²) in [5.41, 5.74) is 4.37. The van der Waals surface area contributed by atoms with Gasteiger partial charge in [0, 0.05) is 43.7 Å². The standard InChI is InChI=1S/C35H42N6O6S/c1-23-31(22-48-35-38-39-40-41(35)29-15-17-30(44)18-16-29)46-34(47-33(23)27-11-9-26(21-42)10-12-27)28-13-7-25(8-14-28)20-37-32(45)6-4-3-5-19-36-24(2)43/h7-18,23,31,33-34,42,44H,3-6,19-22H2,1-2H3,(H,36,43)(H,37,45)/t23-,31+,33+,34+/m1/s1. The number of phenols is 1. The molecule has 254 valence electrons. The third-order valence-electron chi connectivity index (χ3n) is 8.23. The number of benzene rings is 3. The van der Waals surface area contributed by atoms with Crippen molar-refractivity contribution in [3.8, 4) is 11.4 Å². The highest BCUT2D eigenvalue weighted by Crippen LogP contribution is 2.43. The second-order valence-corrected chi connectivity index (χ2v) is 12.8. The van der Waals surface area contributed by atoms with Crippen molar-refractivity contribution >= 4 is 23.6 Å². The molecule has 2 heterocycles. The molecule has 0 aliphatic carbocycles. The fourth-order valence-electron chi connectivity index (χ4n) is 5.42. The van der Waals surface area contributed by atoms with Crippen LogP contribution in [0, 0.1) is 5.92 Å². The first-order valence-electron chi connectivity index (χ1n) is 16.1. The SMILES string of the molecule is CC(=O)NCCCCCC(=O)NCc1ccc([C@H]2O[C@@H](CSc3nnnn3-c3ccc(O)cc3)[C@@H](C)[C@@H](c3ccc(CO)cc3)O2)cc1. The van der Waals surface area contributed by atoms with Gasteiger partial charge in [0.05, 0.1) is 24.5 Å². The molecular formula is C35H42N6O6S. The summed E-state index contributed by atoms with van der Waals surface area (Å²) in [6.45, 7) is 4.62. The Labute approximate surface area is 284 Å². The molecule has 0 saturated carbocycles. The molecule has 3 aromatic carbocycles. The van der Waals surface area contributed by atoms with E-state index in [0.717, 1.165) is 47.2 Å².